The number of nitrogens with zero attached hydrogens (tertiary/aromatic N) is 1. The van der Waals surface area contributed by atoms with Crippen molar-refractivity contribution in [1.82, 2.24) is 4.90 Å². The lowest BCUT2D eigenvalue weighted by atomic mass is 10.0. The first kappa shape index (κ1) is 16.6. The molecule has 2 rings (SSSR count). The quantitative estimate of drug-likeness (QED) is 0.776. The third kappa shape index (κ3) is 4.58. The molecule has 21 heavy (non-hydrogen) atoms. The molecule has 116 valence electrons. The van der Waals surface area contributed by atoms with Gasteiger partial charge in [0.15, 0.2) is 0 Å². The van der Waals surface area contributed by atoms with Crippen LogP contribution in [0, 0.1) is 0 Å². The molecule has 6 heteroatoms. The van der Waals surface area contributed by atoms with E-state index < -0.39 is 0 Å². The summed E-state index contributed by atoms with van der Waals surface area (Å²) in [5, 5.41) is 1.22. The van der Waals surface area contributed by atoms with Crippen molar-refractivity contribution in [3.05, 3.63) is 33.8 Å². The Bertz CT molecular complexity index is 490. The summed E-state index contributed by atoms with van der Waals surface area (Å²) >= 11 is 12.4. The van der Waals surface area contributed by atoms with Gasteiger partial charge in [0, 0.05) is 29.2 Å². The molecule has 1 saturated heterocycles. The van der Waals surface area contributed by atoms with Gasteiger partial charge in [0.25, 0.3) is 0 Å². The number of ether oxygens (including phenoxy) is 2. The Morgan fingerprint density at radius 1 is 1.38 bits per heavy atom. The van der Waals surface area contributed by atoms with E-state index in [-0.39, 0.29) is 18.4 Å². The highest BCUT2D eigenvalue weighted by molar-refractivity contribution is 6.33. The zero-order valence-corrected chi connectivity index (χ0v) is 13.5. The molecule has 1 aromatic carbocycles. The minimum absolute atomic E-state index is 0.140. The van der Waals surface area contributed by atoms with E-state index in [0.29, 0.717) is 29.9 Å². The Labute approximate surface area is 134 Å². The summed E-state index contributed by atoms with van der Waals surface area (Å²) in [5.41, 5.74) is 0.860. The Hall–Kier alpha value is -0.810. The van der Waals surface area contributed by atoms with Crippen LogP contribution in [0.25, 0.3) is 0 Å². The number of esters is 1. The van der Waals surface area contributed by atoms with Crippen molar-refractivity contribution < 1.29 is 14.3 Å². The van der Waals surface area contributed by atoms with Gasteiger partial charge in [-0.25, -0.2) is 0 Å². The maximum Gasteiger partial charge on any atom is 0.307 e. The van der Waals surface area contributed by atoms with Gasteiger partial charge in [-0.1, -0.05) is 23.2 Å². The molecule has 0 aliphatic carbocycles. The predicted octanol–water partition coefficient (Wildman–Crippen LogP) is 3.32. The monoisotopic (exact) mass is 331 g/mol. The molecule has 1 aromatic rings. The minimum atomic E-state index is -0.231. The van der Waals surface area contributed by atoms with Crippen LogP contribution in [-0.4, -0.2) is 43.8 Å². The van der Waals surface area contributed by atoms with Crippen LogP contribution in [0.2, 0.25) is 10.0 Å². The second kappa shape index (κ2) is 7.99. The van der Waals surface area contributed by atoms with Crippen LogP contribution in [0.1, 0.15) is 24.9 Å². The van der Waals surface area contributed by atoms with Gasteiger partial charge in [0.05, 0.1) is 26.2 Å². The highest BCUT2D eigenvalue weighted by Crippen LogP contribution is 2.33. The van der Waals surface area contributed by atoms with E-state index in [1.165, 1.54) is 0 Å². The van der Waals surface area contributed by atoms with Gasteiger partial charge >= 0.3 is 5.97 Å². The number of carbonyl (C=O) groups excluding carboxylic acids is 1. The van der Waals surface area contributed by atoms with Gasteiger partial charge in [-0.3, -0.25) is 9.69 Å². The van der Waals surface area contributed by atoms with Crippen LogP contribution in [0.3, 0.4) is 0 Å². The summed E-state index contributed by atoms with van der Waals surface area (Å²) in [5.74, 6) is -0.231. The Morgan fingerprint density at radius 2 is 2.10 bits per heavy atom. The smallest absolute Gasteiger partial charge is 0.307 e. The SMILES string of the molecule is CCOC(=O)CC(c1cc(Cl)ccc1Cl)N1CCOCC1. The van der Waals surface area contributed by atoms with Crippen LogP contribution in [0.15, 0.2) is 18.2 Å². The number of morpholine rings is 1. The lowest BCUT2D eigenvalue weighted by Crippen LogP contribution is -2.40. The first-order valence-corrected chi connectivity index (χ1v) is 7.79. The van der Waals surface area contributed by atoms with Crippen LogP contribution >= 0.6 is 23.2 Å². The summed E-state index contributed by atoms with van der Waals surface area (Å²) in [6, 6.07) is 5.19. The number of carbonyl (C=O) groups is 1. The van der Waals surface area contributed by atoms with Gasteiger partial charge < -0.3 is 9.47 Å². The lowest BCUT2D eigenvalue weighted by molar-refractivity contribution is -0.145. The Balaban J connectivity index is 2.25. The molecule has 1 fully saturated rings. The van der Waals surface area contributed by atoms with Crippen molar-refractivity contribution in [3.63, 3.8) is 0 Å². The molecule has 0 aromatic heterocycles. The van der Waals surface area contributed by atoms with E-state index in [4.69, 9.17) is 32.7 Å². The molecule has 0 bridgehead atoms. The number of halogens is 2. The van der Waals surface area contributed by atoms with Crippen molar-refractivity contribution in [3.8, 4) is 0 Å². The largest absolute Gasteiger partial charge is 0.466 e. The number of hydrogen-bond acceptors (Lipinski definition) is 4. The topological polar surface area (TPSA) is 38.8 Å². The molecule has 1 aliphatic rings. The molecular formula is C15H19Cl2NO3. The van der Waals surface area contributed by atoms with Crippen molar-refractivity contribution >= 4 is 29.2 Å². The molecule has 1 unspecified atom stereocenters. The number of hydrogen-bond donors (Lipinski definition) is 0. The highest BCUT2D eigenvalue weighted by atomic mass is 35.5. The molecule has 0 saturated carbocycles. The van der Waals surface area contributed by atoms with Gasteiger partial charge in [-0.15, -0.1) is 0 Å². The van der Waals surface area contributed by atoms with E-state index in [1.807, 2.05) is 6.07 Å². The van der Waals surface area contributed by atoms with Gasteiger partial charge in [0.2, 0.25) is 0 Å². The summed E-state index contributed by atoms with van der Waals surface area (Å²) < 4.78 is 10.5. The fraction of sp³-hybridized carbons (Fsp3) is 0.533. The zero-order valence-electron chi connectivity index (χ0n) is 12.0. The molecular weight excluding hydrogens is 313 g/mol. The van der Waals surface area contributed by atoms with Gasteiger partial charge in [0.1, 0.15) is 0 Å². The van der Waals surface area contributed by atoms with E-state index in [1.54, 1.807) is 19.1 Å². The number of benzene rings is 1. The first-order valence-electron chi connectivity index (χ1n) is 7.04. The van der Waals surface area contributed by atoms with Gasteiger partial charge in [-0.05, 0) is 30.7 Å². The molecule has 1 atom stereocenters. The van der Waals surface area contributed by atoms with E-state index in [2.05, 4.69) is 4.90 Å². The Morgan fingerprint density at radius 3 is 2.76 bits per heavy atom. The molecule has 0 radical (unpaired) electrons. The minimum Gasteiger partial charge on any atom is -0.466 e. The molecule has 1 aliphatic heterocycles. The maximum atomic E-state index is 11.9. The summed E-state index contributed by atoms with van der Waals surface area (Å²) in [6.45, 7) is 4.99. The summed E-state index contributed by atoms with van der Waals surface area (Å²) in [4.78, 5) is 14.1. The highest BCUT2D eigenvalue weighted by Gasteiger charge is 2.27. The van der Waals surface area contributed by atoms with E-state index in [9.17, 15) is 4.79 Å². The van der Waals surface area contributed by atoms with E-state index in [0.717, 1.165) is 18.7 Å². The van der Waals surface area contributed by atoms with Crippen LogP contribution in [0.5, 0.6) is 0 Å². The molecule has 1 heterocycles. The summed E-state index contributed by atoms with van der Waals surface area (Å²) in [7, 11) is 0. The molecule has 0 spiro atoms. The molecule has 0 amide bonds. The number of rotatable bonds is 5. The standard InChI is InChI=1S/C15H19Cl2NO3/c1-2-21-15(19)10-14(18-5-7-20-8-6-18)12-9-11(16)3-4-13(12)17/h3-4,9,14H,2,5-8,10H2,1H3. The average Bonchev–Trinajstić information content (AvgIpc) is 2.49. The first-order chi connectivity index (χ1) is 10.1. The second-order valence-corrected chi connectivity index (χ2v) is 5.68. The van der Waals surface area contributed by atoms with Crippen LogP contribution in [0.4, 0.5) is 0 Å². The van der Waals surface area contributed by atoms with Crippen molar-refractivity contribution in [2.24, 2.45) is 0 Å². The zero-order chi connectivity index (χ0) is 15.2. The van der Waals surface area contributed by atoms with Crippen molar-refractivity contribution in [2.75, 3.05) is 32.9 Å². The Kier molecular flexibility index (Phi) is 6.30. The van der Waals surface area contributed by atoms with Crippen molar-refractivity contribution in [2.45, 2.75) is 19.4 Å². The fourth-order valence-electron chi connectivity index (χ4n) is 2.47. The lowest BCUT2D eigenvalue weighted by Gasteiger charge is -2.34. The second-order valence-electron chi connectivity index (χ2n) is 4.84. The fourth-order valence-corrected chi connectivity index (χ4v) is 2.90. The van der Waals surface area contributed by atoms with E-state index >= 15 is 0 Å². The van der Waals surface area contributed by atoms with Crippen LogP contribution in [-0.2, 0) is 14.3 Å². The summed E-state index contributed by atoms with van der Waals surface area (Å²) in [6.07, 6.45) is 0.258. The average molecular weight is 332 g/mol. The normalized spacial score (nSPS) is 17.5. The third-order valence-corrected chi connectivity index (χ3v) is 4.05. The van der Waals surface area contributed by atoms with Crippen molar-refractivity contribution in [1.29, 1.82) is 0 Å². The van der Waals surface area contributed by atoms with Gasteiger partial charge in [-0.2, -0.15) is 0 Å². The molecule has 4 nitrogen and oxygen atoms in total. The van der Waals surface area contributed by atoms with Crippen LogP contribution < -0.4 is 0 Å². The maximum absolute atomic E-state index is 11.9. The third-order valence-electron chi connectivity index (χ3n) is 3.47. The predicted molar refractivity (Wildman–Crippen MR) is 82.8 cm³/mol. The molecule has 0 N–H and O–H groups in total.